The van der Waals surface area contributed by atoms with Gasteiger partial charge in [0.1, 0.15) is 5.82 Å². The first-order valence-electron chi connectivity index (χ1n) is 4.63. The summed E-state index contributed by atoms with van der Waals surface area (Å²) >= 11 is 0. The van der Waals surface area contributed by atoms with Crippen LogP contribution in [0.15, 0.2) is 18.2 Å². The van der Waals surface area contributed by atoms with Gasteiger partial charge in [-0.1, -0.05) is 0 Å². The van der Waals surface area contributed by atoms with Gasteiger partial charge in [0.25, 0.3) is 0 Å². The van der Waals surface area contributed by atoms with Crippen LogP contribution in [0.2, 0.25) is 0 Å². The van der Waals surface area contributed by atoms with Gasteiger partial charge in [0.15, 0.2) is 0 Å². The molecule has 0 aliphatic rings. The molecule has 0 aliphatic carbocycles. The van der Waals surface area contributed by atoms with Gasteiger partial charge in [0, 0.05) is 24.5 Å². The summed E-state index contributed by atoms with van der Waals surface area (Å²) in [6.07, 6.45) is 1.60. The number of nitrogen functional groups attached to an aromatic ring is 1. The Bertz CT molecular complexity index is 271. The summed E-state index contributed by atoms with van der Waals surface area (Å²) in [6, 6.07) is 4.36. The van der Waals surface area contributed by atoms with E-state index in [4.69, 9.17) is 10.8 Å². The molecule has 0 heterocycles. The van der Waals surface area contributed by atoms with Gasteiger partial charge in [-0.3, -0.25) is 0 Å². The number of aliphatic hydroxyl groups is 1. The average molecular weight is 198 g/mol. The highest BCUT2D eigenvalue weighted by molar-refractivity contribution is 5.54. The van der Waals surface area contributed by atoms with Crippen LogP contribution in [0.4, 0.5) is 15.8 Å². The Balaban J connectivity index is 2.42. The third kappa shape index (κ3) is 3.62. The van der Waals surface area contributed by atoms with Crippen LogP contribution in [0.1, 0.15) is 12.8 Å². The molecule has 0 bridgehead atoms. The molecule has 78 valence electrons. The molecule has 0 saturated carbocycles. The van der Waals surface area contributed by atoms with Gasteiger partial charge in [0.05, 0.1) is 0 Å². The van der Waals surface area contributed by atoms with Crippen molar-refractivity contribution in [2.45, 2.75) is 12.8 Å². The smallest absolute Gasteiger partial charge is 0.127 e. The first kappa shape index (κ1) is 10.8. The van der Waals surface area contributed by atoms with Gasteiger partial charge < -0.3 is 16.2 Å². The summed E-state index contributed by atoms with van der Waals surface area (Å²) < 4.78 is 12.8. The fourth-order valence-corrected chi connectivity index (χ4v) is 1.18. The second-order valence-corrected chi connectivity index (χ2v) is 3.13. The lowest BCUT2D eigenvalue weighted by Gasteiger charge is -2.06. The monoisotopic (exact) mass is 198 g/mol. The molecule has 0 aromatic heterocycles. The molecule has 4 heteroatoms. The van der Waals surface area contributed by atoms with Crippen LogP contribution >= 0.6 is 0 Å². The van der Waals surface area contributed by atoms with Gasteiger partial charge in [-0.25, -0.2) is 4.39 Å². The minimum absolute atomic E-state index is 0.187. The molecule has 0 radical (unpaired) electrons. The van der Waals surface area contributed by atoms with Crippen molar-refractivity contribution < 1.29 is 9.50 Å². The van der Waals surface area contributed by atoms with E-state index in [1.165, 1.54) is 12.1 Å². The van der Waals surface area contributed by atoms with Gasteiger partial charge in [-0.2, -0.15) is 0 Å². The van der Waals surface area contributed by atoms with Gasteiger partial charge in [-0.15, -0.1) is 0 Å². The number of nitrogens with one attached hydrogen (secondary N) is 1. The van der Waals surface area contributed by atoms with Crippen LogP contribution in [-0.2, 0) is 0 Å². The highest BCUT2D eigenvalue weighted by Gasteiger charge is 1.97. The van der Waals surface area contributed by atoms with E-state index in [0.717, 1.165) is 12.8 Å². The van der Waals surface area contributed by atoms with Gasteiger partial charge >= 0.3 is 0 Å². The van der Waals surface area contributed by atoms with Crippen molar-refractivity contribution in [1.29, 1.82) is 0 Å². The van der Waals surface area contributed by atoms with E-state index in [9.17, 15) is 4.39 Å². The zero-order valence-corrected chi connectivity index (χ0v) is 7.96. The number of rotatable bonds is 5. The van der Waals surface area contributed by atoms with Crippen molar-refractivity contribution in [3.8, 4) is 0 Å². The molecule has 0 atom stereocenters. The topological polar surface area (TPSA) is 58.3 Å². The van der Waals surface area contributed by atoms with E-state index in [1.54, 1.807) is 6.07 Å². The van der Waals surface area contributed by atoms with Crippen LogP contribution < -0.4 is 11.1 Å². The van der Waals surface area contributed by atoms with Crippen LogP contribution in [0, 0.1) is 5.82 Å². The summed E-state index contributed by atoms with van der Waals surface area (Å²) in [5.74, 6) is -0.338. The standard InChI is InChI=1S/C10H15FN2O/c11-8-5-9(12)7-10(6-8)13-3-1-2-4-14/h5-7,13-14H,1-4,12H2. The van der Waals surface area contributed by atoms with E-state index in [1.807, 2.05) is 0 Å². The SMILES string of the molecule is Nc1cc(F)cc(NCCCCO)c1. The van der Waals surface area contributed by atoms with E-state index in [0.29, 0.717) is 17.9 Å². The zero-order chi connectivity index (χ0) is 10.4. The molecule has 0 unspecified atom stereocenters. The molecule has 14 heavy (non-hydrogen) atoms. The van der Waals surface area contributed by atoms with E-state index in [-0.39, 0.29) is 12.4 Å². The average Bonchev–Trinajstić information content (AvgIpc) is 2.11. The normalized spacial score (nSPS) is 10.1. The quantitative estimate of drug-likeness (QED) is 0.497. The Morgan fingerprint density at radius 3 is 2.71 bits per heavy atom. The Labute approximate surface area is 82.7 Å². The van der Waals surface area contributed by atoms with Crippen molar-refractivity contribution in [3.63, 3.8) is 0 Å². The fraction of sp³-hybridized carbons (Fsp3) is 0.400. The summed E-state index contributed by atoms with van der Waals surface area (Å²) in [5.41, 5.74) is 6.56. The molecular formula is C10H15FN2O. The van der Waals surface area contributed by atoms with Crippen molar-refractivity contribution in [2.75, 3.05) is 24.2 Å². The largest absolute Gasteiger partial charge is 0.399 e. The lowest BCUT2D eigenvalue weighted by molar-refractivity contribution is 0.286. The molecule has 0 aliphatic heterocycles. The second kappa shape index (κ2) is 5.44. The molecule has 3 nitrogen and oxygen atoms in total. The van der Waals surface area contributed by atoms with Gasteiger partial charge in [-0.05, 0) is 31.0 Å². The van der Waals surface area contributed by atoms with Crippen LogP contribution in [0.25, 0.3) is 0 Å². The molecule has 1 aromatic carbocycles. The second-order valence-electron chi connectivity index (χ2n) is 3.13. The summed E-state index contributed by atoms with van der Waals surface area (Å²) in [4.78, 5) is 0. The zero-order valence-electron chi connectivity index (χ0n) is 7.96. The maximum Gasteiger partial charge on any atom is 0.127 e. The maximum absolute atomic E-state index is 12.8. The lowest BCUT2D eigenvalue weighted by Crippen LogP contribution is -2.03. The molecule has 1 aromatic rings. The molecule has 0 amide bonds. The number of anilines is 2. The molecule has 0 saturated heterocycles. The lowest BCUT2D eigenvalue weighted by atomic mass is 10.2. The van der Waals surface area contributed by atoms with Crippen LogP contribution in [-0.4, -0.2) is 18.3 Å². The highest BCUT2D eigenvalue weighted by atomic mass is 19.1. The number of nitrogens with two attached hydrogens (primary N) is 1. The third-order valence-corrected chi connectivity index (χ3v) is 1.83. The first-order chi connectivity index (χ1) is 6.72. The number of aliphatic hydroxyl groups excluding tert-OH is 1. The predicted octanol–water partition coefficient (Wildman–Crippen LogP) is 1.59. The number of unbranched alkanes of at least 4 members (excludes halogenated alkanes) is 1. The fourth-order valence-electron chi connectivity index (χ4n) is 1.18. The molecule has 4 N–H and O–H groups in total. The number of hydrogen-bond acceptors (Lipinski definition) is 3. The number of benzene rings is 1. The van der Waals surface area contributed by atoms with Crippen LogP contribution in [0.3, 0.4) is 0 Å². The predicted molar refractivity (Wildman–Crippen MR) is 55.6 cm³/mol. The van der Waals surface area contributed by atoms with Gasteiger partial charge in [0.2, 0.25) is 0 Å². The van der Waals surface area contributed by atoms with Crippen molar-refractivity contribution in [3.05, 3.63) is 24.0 Å². The molecule has 1 rings (SSSR count). The Morgan fingerprint density at radius 2 is 2.07 bits per heavy atom. The number of halogens is 1. The van der Waals surface area contributed by atoms with Crippen molar-refractivity contribution in [1.82, 2.24) is 0 Å². The third-order valence-electron chi connectivity index (χ3n) is 1.83. The van der Waals surface area contributed by atoms with E-state index < -0.39 is 0 Å². The van der Waals surface area contributed by atoms with Crippen LogP contribution in [0.5, 0.6) is 0 Å². The summed E-state index contributed by atoms with van der Waals surface area (Å²) in [7, 11) is 0. The van der Waals surface area contributed by atoms with E-state index >= 15 is 0 Å². The Morgan fingerprint density at radius 1 is 1.29 bits per heavy atom. The molecular weight excluding hydrogens is 183 g/mol. The van der Waals surface area contributed by atoms with Crippen molar-refractivity contribution >= 4 is 11.4 Å². The van der Waals surface area contributed by atoms with Crippen molar-refractivity contribution in [2.24, 2.45) is 0 Å². The maximum atomic E-state index is 12.8. The molecule has 0 spiro atoms. The Hall–Kier alpha value is -1.29. The minimum atomic E-state index is -0.338. The summed E-state index contributed by atoms with van der Waals surface area (Å²) in [5, 5.41) is 11.6. The summed E-state index contributed by atoms with van der Waals surface area (Å²) in [6.45, 7) is 0.899. The first-order valence-corrected chi connectivity index (χ1v) is 4.63. The van der Waals surface area contributed by atoms with E-state index in [2.05, 4.69) is 5.32 Å². The highest BCUT2D eigenvalue weighted by Crippen LogP contribution is 2.15. The number of hydrogen-bond donors (Lipinski definition) is 3. The minimum Gasteiger partial charge on any atom is -0.399 e. The molecule has 0 fully saturated rings. The Kier molecular flexibility index (Phi) is 4.19.